The van der Waals surface area contributed by atoms with Gasteiger partial charge in [0.1, 0.15) is 0 Å². The van der Waals surface area contributed by atoms with Gasteiger partial charge in [-0.05, 0) is 44.5 Å². The number of likely N-dealkylation sites (tertiary alicyclic amines) is 1. The number of rotatable bonds is 6. The lowest BCUT2D eigenvalue weighted by molar-refractivity contribution is -0.386. The molecule has 0 bridgehead atoms. The highest BCUT2D eigenvalue weighted by Crippen LogP contribution is 2.30. The molecule has 1 N–H and O–H groups in total. The lowest BCUT2D eigenvalue weighted by Gasteiger charge is -2.19. The van der Waals surface area contributed by atoms with Crippen molar-refractivity contribution in [3.05, 3.63) is 33.9 Å². The largest absolute Gasteiger partial charge is 0.487 e. The zero-order valence-corrected chi connectivity index (χ0v) is 11.6. The van der Waals surface area contributed by atoms with Gasteiger partial charge in [-0.3, -0.25) is 10.1 Å². The fraction of sp³-hybridized carbons (Fsp3) is 0.571. The predicted molar refractivity (Wildman–Crippen MR) is 74.9 cm³/mol. The first-order valence-corrected chi connectivity index (χ1v) is 6.93. The van der Waals surface area contributed by atoms with Crippen LogP contribution >= 0.6 is 0 Å². The van der Waals surface area contributed by atoms with Crippen molar-refractivity contribution in [2.75, 3.05) is 26.2 Å². The number of ether oxygens (including phenoxy) is 1. The van der Waals surface area contributed by atoms with Gasteiger partial charge in [0.25, 0.3) is 0 Å². The molecular formula is C14H20N2O4. The van der Waals surface area contributed by atoms with Gasteiger partial charge in [-0.25, -0.2) is 0 Å². The van der Waals surface area contributed by atoms with E-state index in [0.717, 1.165) is 25.9 Å². The number of aliphatic hydroxyl groups is 1. The average molecular weight is 280 g/mol. The maximum Gasteiger partial charge on any atom is 0.311 e. The van der Waals surface area contributed by atoms with E-state index in [0.29, 0.717) is 18.7 Å². The van der Waals surface area contributed by atoms with Crippen molar-refractivity contribution in [2.45, 2.75) is 25.9 Å². The van der Waals surface area contributed by atoms with Crippen molar-refractivity contribution >= 4 is 5.69 Å². The van der Waals surface area contributed by atoms with Gasteiger partial charge in [0.15, 0.2) is 5.75 Å². The van der Waals surface area contributed by atoms with Crippen LogP contribution in [0.3, 0.4) is 0 Å². The standard InChI is InChI=1S/C14H20N2O4/c1-2-20-14-6-5-11(9-12(14)16(18)19)13(17)10-15-7-3-4-8-15/h5-6,9,13,17H,2-4,7-8,10H2,1H3. The predicted octanol–water partition coefficient (Wildman–Crippen LogP) is 2.12. The van der Waals surface area contributed by atoms with Gasteiger partial charge in [-0.15, -0.1) is 0 Å². The van der Waals surface area contributed by atoms with Crippen molar-refractivity contribution in [1.82, 2.24) is 4.90 Å². The summed E-state index contributed by atoms with van der Waals surface area (Å²) in [6.45, 7) is 4.63. The Morgan fingerprint density at radius 2 is 2.15 bits per heavy atom. The molecule has 0 aromatic heterocycles. The van der Waals surface area contributed by atoms with E-state index in [9.17, 15) is 15.2 Å². The number of nitro groups is 1. The maximum absolute atomic E-state index is 11.0. The van der Waals surface area contributed by atoms with E-state index in [1.807, 2.05) is 0 Å². The number of hydrogen-bond acceptors (Lipinski definition) is 5. The van der Waals surface area contributed by atoms with Gasteiger partial charge in [0.2, 0.25) is 0 Å². The summed E-state index contributed by atoms with van der Waals surface area (Å²) in [4.78, 5) is 12.7. The van der Waals surface area contributed by atoms with Crippen LogP contribution in [0.1, 0.15) is 31.4 Å². The highest BCUT2D eigenvalue weighted by molar-refractivity contribution is 5.49. The number of hydrogen-bond donors (Lipinski definition) is 1. The van der Waals surface area contributed by atoms with E-state index >= 15 is 0 Å². The van der Waals surface area contributed by atoms with Crippen LogP contribution in [-0.2, 0) is 0 Å². The lowest BCUT2D eigenvalue weighted by Crippen LogP contribution is -2.25. The molecule has 6 nitrogen and oxygen atoms in total. The van der Waals surface area contributed by atoms with E-state index in [2.05, 4.69) is 4.90 Å². The molecule has 2 rings (SSSR count). The first-order chi connectivity index (χ1) is 9.61. The van der Waals surface area contributed by atoms with Crippen LogP contribution in [-0.4, -0.2) is 41.2 Å². The van der Waals surface area contributed by atoms with Gasteiger partial charge in [-0.1, -0.05) is 6.07 Å². The molecule has 1 atom stereocenters. The summed E-state index contributed by atoms with van der Waals surface area (Å²) in [6.07, 6.45) is 1.59. The van der Waals surface area contributed by atoms with E-state index < -0.39 is 11.0 Å². The van der Waals surface area contributed by atoms with Crippen molar-refractivity contribution in [1.29, 1.82) is 0 Å². The third kappa shape index (κ3) is 3.46. The van der Waals surface area contributed by atoms with Crippen LogP contribution in [0.5, 0.6) is 5.75 Å². The Balaban J connectivity index is 2.14. The molecule has 1 unspecified atom stereocenters. The summed E-state index contributed by atoms with van der Waals surface area (Å²) in [6, 6.07) is 4.66. The Bertz CT molecular complexity index is 472. The summed E-state index contributed by atoms with van der Waals surface area (Å²) in [5.74, 6) is 0.245. The normalized spacial score (nSPS) is 17.1. The second-order valence-electron chi connectivity index (χ2n) is 4.94. The van der Waals surface area contributed by atoms with Gasteiger partial charge in [0, 0.05) is 12.6 Å². The molecule has 6 heteroatoms. The Morgan fingerprint density at radius 3 is 2.75 bits per heavy atom. The van der Waals surface area contributed by atoms with Crippen LogP contribution in [0.25, 0.3) is 0 Å². The SMILES string of the molecule is CCOc1ccc(C(O)CN2CCCC2)cc1[N+](=O)[O-]. The number of nitro benzene ring substituents is 1. The minimum absolute atomic E-state index is 0.0928. The first kappa shape index (κ1) is 14.7. The van der Waals surface area contributed by atoms with Crippen LogP contribution in [0, 0.1) is 10.1 Å². The Morgan fingerprint density at radius 1 is 1.45 bits per heavy atom. The van der Waals surface area contributed by atoms with Crippen molar-refractivity contribution in [2.24, 2.45) is 0 Å². The highest BCUT2D eigenvalue weighted by atomic mass is 16.6. The van der Waals surface area contributed by atoms with Crippen molar-refractivity contribution in [3.63, 3.8) is 0 Å². The molecule has 0 saturated carbocycles. The number of nitrogens with zero attached hydrogens (tertiary/aromatic N) is 2. The van der Waals surface area contributed by atoms with Crippen LogP contribution in [0.4, 0.5) is 5.69 Å². The quantitative estimate of drug-likeness (QED) is 0.638. The maximum atomic E-state index is 11.0. The van der Waals surface area contributed by atoms with E-state index in [1.165, 1.54) is 6.07 Å². The zero-order valence-electron chi connectivity index (χ0n) is 11.6. The number of β-amino-alcohol motifs (C(OH)–C–C–N with tert-alkyl or cyclic N) is 1. The Kier molecular flexibility index (Phi) is 4.92. The fourth-order valence-corrected chi connectivity index (χ4v) is 2.48. The fourth-order valence-electron chi connectivity index (χ4n) is 2.48. The molecule has 1 heterocycles. The van der Waals surface area contributed by atoms with Gasteiger partial charge >= 0.3 is 5.69 Å². The first-order valence-electron chi connectivity index (χ1n) is 6.93. The molecule has 1 aromatic carbocycles. The van der Waals surface area contributed by atoms with Gasteiger partial charge in [0.05, 0.1) is 17.6 Å². The third-order valence-corrected chi connectivity index (χ3v) is 3.49. The summed E-state index contributed by atoms with van der Waals surface area (Å²) >= 11 is 0. The molecule has 1 fully saturated rings. The molecule has 1 saturated heterocycles. The molecule has 0 radical (unpaired) electrons. The number of benzene rings is 1. The second-order valence-corrected chi connectivity index (χ2v) is 4.94. The third-order valence-electron chi connectivity index (χ3n) is 3.49. The van der Waals surface area contributed by atoms with Crippen LogP contribution in [0.2, 0.25) is 0 Å². The molecule has 0 spiro atoms. The van der Waals surface area contributed by atoms with Crippen molar-refractivity contribution in [3.8, 4) is 5.75 Å². The zero-order chi connectivity index (χ0) is 14.5. The van der Waals surface area contributed by atoms with E-state index in [-0.39, 0.29) is 11.4 Å². The van der Waals surface area contributed by atoms with E-state index in [1.54, 1.807) is 19.1 Å². The summed E-state index contributed by atoms with van der Waals surface area (Å²) in [7, 11) is 0. The molecule has 0 amide bonds. The van der Waals surface area contributed by atoms with Crippen LogP contribution < -0.4 is 4.74 Å². The Labute approximate surface area is 118 Å². The summed E-state index contributed by atoms with van der Waals surface area (Å²) in [5.41, 5.74) is 0.469. The average Bonchev–Trinajstić information content (AvgIpc) is 2.92. The summed E-state index contributed by atoms with van der Waals surface area (Å²) < 4.78 is 5.23. The van der Waals surface area contributed by atoms with E-state index in [4.69, 9.17) is 4.74 Å². The smallest absolute Gasteiger partial charge is 0.311 e. The molecule has 20 heavy (non-hydrogen) atoms. The molecule has 1 aliphatic rings. The Hall–Kier alpha value is -1.66. The molecule has 1 aromatic rings. The highest BCUT2D eigenvalue weighted by Gasteiger charge is 2.21. The monoisotopic (exact) mass is 280 g/mol. The molecule has 0 aliphatic carbocycles. The topological polar surface area (TPSA) is 75.8 Å². The molecular weight excluding hydrogens is 260 g/mol. The second kappa shape index (κ2) is 6.67. The van der Waals surface area contributed by atoms with Gasteiger partial charge < -0.3 is 14.7 Å². The van der Waals surface area contributed by atoms with Crippen LogP contribution in [0.15, 0.2) is 18.2 Å². The lowest BCUT2D eigenvalue weighted by atomic mass is 10.1. The van der Waals surface area contributed by atoms with Crippen molar-refractivity contribution < 1.29 is 14.8 Å². The minimum Gasteiger partial charge on any atom is -0.487 e. The molecule has 110 valence electrons. The summed E-state index contributed by atoms with van der Waals surface area (Å²) in [5, 5.41) is 21.3. The van der Waals surface area contributed by atoms with Gasteiger partial charge in [-0.2, -0.15) is 0 Å². The minimum atomic E-state index is -0.706. The number of aliphatic hydroxyl groups excluding tert-OH is 1. The molecule has 1 aliphatic heterocycles.